The van der Waals surface area contributed by atoms with Crippen LogP contribution in [0.15, 0.2) is 35.4 Å². The Bertz CT molecular complexity index is 895. The normalized spacial score (nSPS) is 19.4. The Hall–Kier alpha value is -3.26. The summed E-state index contributed by atoms with van der Waals surface area (Å²) in [6.07, 6.45) is 3.31. The molecule has 0 aliphatic heterocycles. The molecule has 1 saturated carbocycles. The highest BCUT2D eigenvalue weighted by Gasteiger charge is 2.32. The van der Waals surface area contributed by atoms with Gasteiger partial charge in [-0.2, -0.15) is 0 Å². The number of azide groups is 1. The fourth-order valence-electron chi connectivity index (χ4n) is 4.19. The summed E-state index contributed by atoms with van der Waals surface area (Å²) in [5, 5.41) is 6.13. The summed E-state index contributed by atoms with van der Waals surface area (Å²) in [5.74, 6) is -1.11. The van der Waals surface area contributed by atoms with Gasteiger partial charge in [0.25, 0.3) is 0 Å². The molecule has 1 aromatic carbocycles. The van der Waals surface area contributed by atoms with Gasteiger partial charge in [0.2, 0.25) is 0 Å². The molecule has 4 atom stereocenters. The molecule has 1 aliphatic rings. The highest BCUT2D eigenvalue weighted by molar-refractivity contribution is 5.81. The molecule has 1 fully saturated rings. The topological polar surface area (TPSA) is 140 Å². The van der Waals surface area contributed by atoms with Gasteiger partial charge in [-0.15, -0.1) is 0 Å². The average molecular weight is 489 g/mol. The lowest BCUT2D eigenvalue weighted by Crippen LogP contribution is -2.44. The van der Waals surface area contributed by atoms with Gasteiger partial charge in [-0.05, 0) is 70.4 Å². The summed E-state index contributed by atoms with van der Waals surface area (Å²) in [6.45, 7) is 5.14. The molecule has 0 bridgehead atoms. The van der Waals surface area contributed by atoms with E-state index in [0.717, 1.165) is 31.2 Å². The van der Waals surface area contributed by atoms with E-state index >= 15 is 0 Å². The van der Waals surface area contributed by atoms with Gasteiger partial charge in [0.1, 0.15) is 23.8 Å². The number of carbonyl (C=O) groups is 3. The molecule has 35 heavy (non-hydrogen) atoms. The second-order valence-electron chi connectivity index (χ2n) is 9.65. The molecule has 2 rings (SSSR count). The Labute approximate surface area is 206 Å². The van der Waals surface area contributed by atoms with Gasteiger partial charge in [-0.3, -0.25) is 4.79 Å². The van der Waals surface area contributed by atoms with Crippen molar-refractivity contribution in [3.8, 4) is 0 Å². The van der Waals surface area contributed by atoms with Crippen LogP contribution in [0.3, 0.4) is 0 Å². The Morgan fingerprint density at radius 3 is 2.43 bits per heavy atom. The van der Waals surface area contributed by atoms with E-state index in [1.807, 2.05) is 30.3 Å². The zero-order valence-electron chi connectivity index (χ0n) is 20.9. The Morgan fingerprint density at radius 2 is 1.80 bits per heavy atom. The third kappa shape index (κ3) is 9.48. The highest BCUT2D eigenvalue weighted by Crippen LogP contribution is 2.35. The number of methoxy groups -OCH3 is 1. The van der Waals surface area contributed by atoms with Crippen LogP contribution in [0.25, 0.3) is 10.4 Å². The van der Waals surface area contributed by atoms with Crippen molar-refractivity contribution in [1.82, 2.24) is 5.32 Å². The van der Waals surface area contributed by atoms with Crippen LogP contribution >= 0.6 is 0 Å². The van der Waals surface area contributed by atoms with E-state index in [1.165, 1.54) is 7.11 Å². The molecule has 1 aliphatic carbocycles. The number of alkyl carbamates (subject to hydrolysis) is 1. The minimum absolute atomic E-state index is 0.0994. The Morgan fingerprint density at radius 1 is 1.11 bits per heavy atom. The maximum Gasteiger partial charge on any atom is 0.408 e. The molecule has 0 aromatic heterocycles. The fraction of sp³-hybridized carbons (Fsp3) is 0.640. The second-order valence-corrected chi connectivity index (χ2v) is 9.65. The molecule has 1 amide bonds. The largest absolute Gasteiger partial charge is 0.467 e. The molecule has 1 N–H and O–H groups in total. The highest BCUT2D eigenvalue weighted by atomic mass is 16.6. The molecular formula is C25H36N4O6. The van der Waals surface area contributed by atoms with Gasteiger partial charge >= 0.3 is 18.0 Å². The van der Waals surface area contributed by atoms with Crippen molar-refractivity contribution in [2.24, 2.45) is 5.11 Å². The van der Waals surface area contributed by atoms with Crippen molar-refractivity contribution < 1.29 is 28.6 Å². The number of benzene rings is 1. The predicted molar refractivity (Wildman–Crippen MR) is 129 cm³/mol. The van der Waals surface area contributed by atoms with Gasteiger partial charge < -0.3 is 19.5 Å². The second kappa shape index (κ2) is 13.6. The lowest BCUT2D eigenvalue weighted by molar-refractivity contribution is -0.153. The standard InChI is InChI=1S/C25H36N4O6/c1-25(2,3)35-24(32)27-19(22(30)33-4)14-10-15-20(28-29-26)23(31)34-21-16-9-8-13-18(21)17-11-6-5-7-12-17/h5-7,11-12,18-21H,8-10,13-16H2,1-4H3,(H,27,32)/t18-,19-,20-,21+/m0/s1. The Balaban J connectivity index is 1.98. The van der Waals surface area contributed by atoms with Crippen LogP contribution in [-0.4, -0.2) is 48.9 Å². The zero-order valence-corrected chi connectivity index (χ0v) is 20.9. The van der Waals surface area contributed by atoms with Gasteiger partial charge in [0.05, 0.1) is 7.11 Å². The molecule has 10 nitrogen and oxygen atoms in total. The van der Waals surface area contributed by atoms with Crippen molar-refractivity contribution >= 4 is 18.0 Å². The van der Waals surface area contributed by atoms with Crippen LogP contribution in [0.4, 0.5) is 4.79 Å². The van der Waals surface area contributed by atoms with Gasteiger partial charge in [0.15, 0.2) is 0 Å². The predicted octanol–water partition coefficient (Wildman–Crippen LogP) is 5.17. The van der Waals surface area contributed by atoms with E-state index in [0.29, 0.717) is 6.42 Å². The van der Waals surface area contributed by atoms with Crippen LogP contribution in [0.5, 0.6) is 0 Å². The monoisotopic (exact) mass is 488 g/mol. The van der Waals surface area contributed by atoms with E-state index < -0.39 is 35.7 Å². The van der Waals surface area contributed by atoms with Crippen LogP contribution < -0.4 is 5.32 Å². The van der Waals surface area contributed by atoms with Crippen LogP contribution in [0.2, 0.25) is 0 Å². The summed E-state index contributed by atoms with van der Waals surface area (Å²) in [5.41, 5.74) is 9.39. The van der Waals surface area contributed by atoms with Crippen molar-refractivity contribution in [3.63, 3.8) is 0 Å². The first-order chi connectivity index (χ1) is 16.6. The lowest BCUT2D eigenvalue weighted by Gasteiger charge is -2.32. The first kappa shape index (κ1) is 28.0. The lowest BCUT2D eigenvalue weighted by atomic mass is 9.81. The minimum atomic E-state index is -1.03. The number of nitrogens with zero attached hydrogens (tertiary/aromatic N) is 3. The Kier molecular flexibility index (Phi) is 10.9. The maximum atomic E-state index is 12.9. The number of rotatable bonds is 10. The summed E-state index contributed by atoms with van der Waals surface area (Å²) < 4.78 is 15.8. The van der Waals surface area contributed by atoms with Crippen molar-refractivity contribution in [1.29, 1.82) is 0 Å². The maximum absolute atomic E-state index is 12.9. The molecule has 0 radical (unpaired) electrons. The van der Waals surface area contributed by atoms with Crippen LogP contribution in [0, 0.1) is 0 Å². The van der Waals surface area contributed by atoms with Crippen molar-refractivity contribution in [2.45, 2.75) is 95.4 Å². The van der Waals surface area contributed by atoms with Gasteiger partial charge in [0, 0.05) is 10.8 Å². The molecule has 0 unspecified atom stereocenters. The molecule has 0 heterocycles. The van der Waals surface area contributed by atoms with Gasteiger partial charge in [-0.25, -0.2) is 9.59 Å². The first-order valence-corrected chi connectivity index (χ1v) is 12.0. The van der Waals surface area contributed by atoms with Crippen LogP contribution in [0.1, 0.15) is 77.2 Å². The van der Waals surface area contributed by atoms with E-state index in [-0.39, 0.29) is 24.9 Å². The summed E-state index contributed by atoms with van der Waals surface area (Å²) in [7, 11) is 1.22. The first-order valence-electron chi connectivity index (χ1n) is 12.0. The summed E-state index contributed by atoms with van der Waals surface area (Å²) >= 11 is 0. The molecule has 10 heteroatoms. The number of esters is 2. The van der Waals surface area contributed by atoms with Crippen LogP contribution in [-0.2, 0) is 23.8 Å². The van der Waals surface area contributed by atoms with Gasteiger partial charge in [-0.1, -0.05) is 41.9 Å². The van der Waals surface area contributed by atoms with Crippen molar-refractivity contribution in [2.75, 3.05) is 7.11 Å². The minimum Gasteiger partial charge on any atom is -0.467 e. The summed E-state index contributed by atoms with van der Waals surface area (Å²) in [6, 6.07) is 7.96. The smallest absolute Gasteiger partial charge is 0.408 e. The number of ether oxygens (including phenoxy) is 3. The third-order valence-corrected chi connectivity index (χ3v) is 5.81. The van der Waals surface area contributed by atoms with E-state index in [1.54, 1.807) is 20.8 Å². The molecule has 1 aromatic rings. The van der Waals surface area contributed by atoms with E-state index in [4.69, 9.17) is 19.7 Å². The number of hydrogen-bond acceptors (Lipinski definition) is 7. The SMILES string of the molecule is COC(=O)[C@H](CCC[C@H](N=[N+]=[N-])C(=O)O[C@@H]1CCCC[C@H]1c1ccccc1)NC(=O)OC(C)(C)C. The quantitative estimate of drug-likeness (QED) is 0.158. The third-order valence-electron chi connectivity index (χ3n) is 5.81. The fourth-order valence-corrected chi connectivity index (χ4v) is 4.19. The zero-order chi connectivity index (χ0) is 25.8. The van der Waals surface area contributed by atoms with E-state index in [2.05, 4.69) is 15.3 Å². The van der Waals surface area contributed by atoms with E-state index in [9.17, 15) is 14.4 Å². The number of hydrogen-bond donors (Lipinski definition) is 1. The molecular weight excluding hydrogens is 452 g/mol. The molecule has 0 spiro atoms. The molecule has 0 saturated heterocycles. The number of nitrogens with one attached hydrogen (secondary N) is 1. The van der Waals surface area contributed by atoms with Crippen molar-refractivity contribution in [3.05, 3.63) is 46.3 Å². The molecule has 192 valence electrons. The summed E-state index contributed by atoms with van der Waals surface area (Å²) in [4.78, 5) is 39.9. The number of carbonyl (C=O) groups excluding carboxylic acids is 3. The number of amides is 1. The average Bonchev–Trinajstić information content (AvgIpc) is 2.82.